The highest BCUT2D eigenvalue weighted by atomic mass is 19.4. The quantitative estimate of drug-likeness (QED) is 0.756. The van der Waals surface area contributed by atoms with Crippen molar-refractivity contribution in [3.05, 3.63) is 47.7 Å². The number of rotatable bonds is 5. The van der Waals surface area contributed by atoms with Gasteiger partial charge in [-0.2, -0.15) is 13.2 Å². The maximum Gasteiger partial charge on any atom is 0.392 e. The van der Waals surface area contributed by atoms with Crippen LogP contribution in [0.4, 0.5) is 13.2 Å². The fourth-order valence-corrected chi connectivity index (χ4v) is 3.66. The number of alkyl halides is 3. The first-order chi connectivity index (χ1) is 14.6. The number of aliphatic hydroxyl groups excluding tert-OH is 1. The lowest BCUT2D eigenvalue weighted by molar-refractivity contribution is -0.175. The number of pyridine rings is 1. The molecule has 0 radical (unpaired) electrons. The van der Waals surface area contributed by atoms with Gasteiger partial charge in [-0.25, -0.2) is 0 Å². The number of fused-ring (bicyclic) bond motifs is 1. The van der Waals surface area contributed by atoms with E-state index in [9.17, 15) is 27.9 Å². The summed E-state index contributed by atoms with van der Waals surface area (Å²) in [4.78, 5) is 30.2. The van der Waals surface area contributed by atoms with Gasteiger partial charge in [0, 0.05) is 31.2 Å². The predicted molar refractivity (Wildman–Crippen MR) is 110 cm³/mol. The van der Waals surface area contributed by atoms with Gasteiger partial charge < -0.3 is 15.3 Å². The fraction of sp³-hybridized carbons (Fsp3) is 0.409. The zero-order chi connectivity index (χ0) is 22.8. The average Bonchev–Trinajstić information content (AvgIpc) is 2.75. The number of nitrogens with zero attached hydrogens (tertiary/aromatic N) is 2. The second-order valence-electron chi connectivity index (χ2n) is 7.78. The van der Waals surface area contributed by atoms with Crippen molar-refractivity contribution < 1.29 is 27.9 Å². The third-order valence-corrected chi connectivity index (χ3v) is 5.42. The van der Waals surface area contributed by atoms with E-state index in [-0.39, 0.29) is 18.4 Å². The minimum Gasteiger partial charge on any atom is -0.394 e. The summed E-state index contributed by atoms with van der Waals surface area (Å²) in [5, 5.41) is 12.6. The molecule has 2 N–H and O–H groups in total. The normalized spacial score (nSPS) is 17.7. The largest absolute Gasteiger partial charge is 0.394 e. The lowest BCUT2D eigenvalue weighted by atomic mass is 9.85. The highest BCUT2D eigenvalue weighted by molar-refractivity contribution is 6.01. The first kappa shape index (κ1) is 22.7. The maximum atomic E-state index is 12.9. The number of allylic oxidation sites excluding steroid dienone is 2. The Kier molecular flexibility index (Phi) is 6.64. The van der Waals surface area contributed by atoms with Gasteiger partial charge in [0.25, 0.3) is 5.91 Å². The number of para-hydroxylation sites is 1. The van der Waals surface area contributed by atoms with Crippen LogP contribution in [0.5, 0.6) is 0 Å². The molecule has 9 heteroatoms. The number of likely N-dealkylation sites (N-methyl/N-ethyl adjacent to an activating group) is 1. The van der Waals surface area contributed by atoms with Crippen LogP contribution < -0.4 is 5.32 Å². The predicted octanol–water partition coefficient (Wildman–Crippen LogP) is 3.16. The summed E-state index contributed by atoms with van der Waals surface area (Å²) in [6.45, 7) is -0.541. The van der Waals surface area contributed by atoms with Gasteiger partial charge in [0.15, 0.2) is 0 Å². The molecule has 3 rings (SSSR count). The van der Waals surface area contributed by atoms with Gasteiger partial charge in [-0.05, 0) is 30.9 Å². The Balaban J connectivity index is 1.84. The Morgan fingerprint density at radius 3 is 2.65 bits per heavy atom. The molecule has 0 saturated heterocycles. The number of hydrogen-bond donors (Lipinski definition) is 2. The SMILES string of the molecule is CN(C)C(=O)[C@H](CO)NC(=O)c1cnc2c(C3=CC[C@@H](C(F)(F)F)CC3)cccc2c1. The summed E-state index contributed by atoms with van der Waals surface area (Å²) in [5.41, 5.74) is 2.37. The molecule has 2 amide bonds. The van der Waals surface area contributed by atoms with Crippen molar-refractivity contribution in [1.29, 1.82) is 0 Å². The van der Waals surface area contributed by atoms with Gasteiger partial charge in [0.2, 0.25) is 5.91 Å². The molecule has 1 aromatic heterocycles. The third kappa shape index (κ3) is 5.04. The molecular formula is C22H24F3N3O3. The second-order valence-corrected chi connectivity index (χ2v) is 7.78. The number of benzene rings is 1. The zero-order valence-corrected chi connectivity index (χ0v) is 17.2. The van der Waals surface area contributed by atoms with Crippen LogP contribution in [0.15, 0.2) is 36.5 Å². The van der Waals surface area contributed by atoms with E-state index in [2.05, 4.69) is 10.3 Å². The minimum absolute atomic E-state index is 0.0364. The van der Waals surface area contributed by atoms with E-state index < -0.39 is 36.6 Å². The summed E-state index contributed by atoms with van der Waals surface area (Å²) < 4.78 is 38.8. The molecule has 2 atom stereocenters. The lowest BCUT2D eigenvalue weighted by Gasteiger charge is -2.24. The highest BCUT2D eigenvalue weighted by Crippen LogP contribution is 2.40. The van der Waals surface area contributed by atoms with E-state index in [1.807, 2.05) is 6.07 Å². The van der Waals surface area contributed by atoms with E-state index in [0.29, 0.717) is 17.3 Å². The van der Waals surface area contributed by atoms with E-state index in [4.69, 9.17) is 0 Å². The molecule has 1 aliphatic rings. The van der Waals surface area contributed by atoms with Crippen molar-refractivity contribution in [2.45, 2.75) is 31.5 Å². The number of carbonyl (C=O) groups excluding carboxylic acids is 2. The van der Waals surface area contributed by atoms with E-state index >= 15 is 0 Å². The number of amides is 2. The molecule has 0 unspecified atom stereocenters. The van der Waals surface area contributed by atoms with Gasteiger partial charge in [0.1, 0.15) is 6.04 Å². The molecular weight excluding hydrogens is 411 g/mol. The van der Waals surface area contributed by atoms with Crippen LogP contribution >= 0.6 is 0 Å². The van der Waals surface area contributed by atoms with Crippen molar-refractivity contribution in [3.8, 4) is 0 Å². The topological polar surface area (TPSA) is 82.5 Å². The summed E-state index contributed by atoms with van der Waals surface area (Å²) in [6.07, 6.45) is -0.929. The van der Waals surface area contributed by atoms with Crippen molar-refractivity contribution in [1.82, 2.24) is 15.2 Å². The first-order valence-electron chi connectivity index (χ1n) is 9.89. The van der Waals surface area contributed by atoms with Crippen LogP contribution in [0.3, 0.4) is 0 Å². The van der Waals surface area contributed by atoms with Gasteiger partial charge in [-0.1, -0.05) is 24.3 Å². The number of hydrogen-bond acceptors (Lipinski definition) is 4. The molecule has 2 aromatic rings. The molecule has 0 aliphatic heterocycles. The van der Waals surface area contributed by atoms with E-state index in [1.165, 1.54) is 25.2 Å². The van der Waals surface area contributed by atoms with E-state index in [1.54, 1.807) is 24.3 Å². The summed E-state index contributed by atoms with van der Waals surface area (Å²) in [5.74, 6) is -2.31. The van der Waals surface area contributed by atoms with Crippen molar-refractivity contribution in [2.24, 2.45) is 5.92 Å². The minimum atomic E-state index is -4.19. The Hall–Kier alpha value is -2.94. The van der Waals surface area contributed by atoms with E-state index in [0.717, 1.165) is 11.1 Å². The first-order valence-corrected chi connectivity index (χ1v) is 9.89. The van der Waals surface area contributed by atoms with Gasteiger partial charge in [-0.3, -0.25) is 14.6 Å². The molecule has 31 heavy (non-hydrogen) atoms. The summed E-state index contributed by atoms with van der Waals surface area (Å²) in [7, 11) is 3.04. The van der Waals surface area contributed by atoms with Crippen LogP contribution in [0.2, 0.25) is 0 Å². The molecule has 1 aromatic carbocycles. The molecule has 6 nitrogen and oxygen atoms in total. The van der Waals surface area contributed by atoms with Gasteiger partial charge >= 0.3 is 6.18 Å². The molecule has 0 bridgehead atoms. The number of nitrogens with one attached hydrogen (secondary N) is 1. The van der Waals surface area contributed by atoms with Crippen LogP contribution in [0.25, 0.3) is 16.5 Å². The summed E-state index contributed by atoms with van der Waals surface area (Å²) >= 11 is 0. The van der Waals surface area contributed by atoms with Gasteiger partial charge in [0.05, 0.1) is 23.6 Å². The molecule has 0 fully saturated rings. The second kappa shape index (κ2) is 9.05. The fourth-order valence-electron chi connectivity index (χ4n) is 3.66. The smallest absolute Gasteiger partial charge is 0.392 e. The summed E-state index contributed by atoms with van der Waals surface area (Å²) in [6, 6.07) is 5.88. The van der Waals surface area contributed by atoms with Crippen molar-refractivity contribution in [2.75, 3.05) is 20.7 Å². The molecule has 1 heterocycles. The number of aliphatic hydroxyl groups is 1. The molecule has 1 aliphatic carbocycles. The Bertz CT molecular complexity index is 1020. The standard InChI is InChI=1S/C22H24F3N3O3/c1-28(2)21(31)18(12-29)27-20(30)15-10-14-4-3-5-17(19(14)26-11-15)13-6-8-16(9-7-13)22(23,24)25/h3-6,10-11,16,18,29H,7-9,12H2,1-2H3,(H,27,30)/t16-,18+/m1/s1. The molecule has 0 spiro atoms. The van der Waals surface area contributed by atoms with Gasteiger partial charge in [-0.15, -0.1) is 0 Å². The maximum absolute atomic E-state index is 12.9. The Morgan fingerprint density at radius 2 is 2.06 bits per heavy atom. The van der Waals surface area contributed by atoms with Crippen molar-refractivity contribution >= 4 is 28.3 Å². The number of halogens is 3. The Morgan fingerprint density at radius 1 is 1.32 bits per heavy atom. The third-order valence-electron chi connectivity index (χ3n) is 5.42. The van der Waals surface area contributed by atoms with Crippen LogP contribution in [0.1, 0.15) is 35.2 Å². The average molecular weight is 435 g/mol. The molecule has 166 valence electrons. The van der Waals surface area contributed by atoms with Crippen molar-refractivity contribution in [3.63, 3.8) is 0 Å². The number of aromatic nitrogens is 1. The lowest BCUT2D eigenvalue weighted by Crippen LogP contribution is -2.48. The monoisotopic (exact) mass is 435 g/mol. The Labute approximate surface area is 177 Å². The number of carbonyl (C=O) groups is 2. The van der Waals surface area contributed by atoms with Crippen LogP contribution in [0, 0.1) is 5.92 Å². The van der Waals surface area contributed by atoms with Crippen LogP contribution in [-0.4, -0.2) is 59.7 Å². The zero-order valence-electron chi connectivity index (χ0n) is 17.2. The molecule has 0 saturated carbocycles. The highest BCUT2D eigenvalue weighted by Gasteiger charge is 2.39. The van der Waals surface area contributed by atoms with Crippen LogP contribution in [-0.2, 0) is 4.79 Å².